The Hall–Kier alpha value is -0.810. The van der Waals surface area contributed by atoms with E-state index in [0.717, 1.165) is 5.56 Å². The fourth-order valence-electron chi connectivity index (χ4n) is 0.860. The molecule has 0 radical (unpaired) electrons. The number of carbonyl (C=O) groups is 1. The molecule has 5 heteroatoms. The minimum absolute atomic E-state index is 0.126. The molecular weight excluding hydrogens is 314 g/mol. The normalized spacial score (nSPS) is 10.7. The van der Waals surface area contributed by atoms with Crippen LogP contribution in [0, 0.1) is 0 Å². The van der Waals surface area contributed by atoms with E-state index in [0.29, 0.717) is 8.95 Å². The van der Waals surface area contributed by atoms with Crippen molar-refractivity contribution >= 4 is 43.8 Å². The standard InChI is InChI=1S/C9H7Br2NO2/c10-6-3-5(1-2-8(12)13)4-7(11)9(6)14/h1-4,14H,(H2,12,13)/b2-1-. The summed E-state index contributed by atoms with van der Waals surface area (Å²) < 4.78 is 1.10. The summed E-state index contributed by atoms with van der Waals surface area (Å²) in [6, 6.07) is 3.36. The number of hydrogen-bond acceptors (Lipinski definition) is 2. The third-order valence-corrected chi connectivity index (χ3v) is 2.69. The second-order valence-corrected chi connectivity index (χ2v) is 4.28. The number of phenolic OH excluding ortho intramolecular Hbond substituents is 1. The predicted molar refractivity (Wildman–Crippen MR) is 61.7 cm³/mol. The Bertz CT molecular complexity index is 379. The highest BCUT2D eigenvalue weighted by atomic mass is 79.9. The van der Waals surface area contributed by atoms with Gasteiger partial charge in [0.15, 0.2) is 0 Å². The predicted octanol–water partition coefficient (Wildman–Crippen LogP) is 2.42. The lowest BCUT2D eigenvalue weighted by atomic mass is 10.2. The fraction of sp³-hybridized carbons (Fsp3) is 0. The van der Waals surface area contributed by atoms with E-state index in [1.54, 1.807) is 18.2 Å². The molecule has 1 aromatic rings. The van der Waals surface area contributed by atoms with Crippen molar-refractivity contribution in [2.45, 2.75) is 0 Å². The van der Waals surface area contributed by atoms with Crippen molar-refractivity contribution in [3.8, 4) is 5.75 Å². The topological polar surface area (TPSA) is 63.3 Å². The summed E-state index contributed by atoms with van der Waals surface area (Å²) in [7, 11) is 0. The van der Waals surface area contributed by atoms with Gasteiger partial charge in [0.25, 0.3) is 0 Å². The van der Waals surface area contributed by atoms with E-state index in [9.17, 15) is 9.90 Å². The van der Waals surface area contributed by atoms with Crippen molar-refractivity contribution in [2.24, 2.45) is 5.73 Å². The Morgan fingerprint density at radius 2 is 1.86 bits per heavy atom. The highest BCUT2D eigenvalue weighted by molar-refractivity contribution is 9.11. The zero-order chi connectivity index (χ0) is 10.7. The van der Waals surface area contributed by atoms with Gasteiger partial charge in [-0.05, 0) is 55.6 Å². The molecule has 14 heavy (non-hydrogen) atoms. The zero-order valence-electron chi connectivity index (χ0n) is 7.00. The minimum atomic E-state index is -0.509. The molecule has 3 N–H and O–H groups in total. The van der Waals surface area contributed by atoms with Crippen molar-refractivity contribution in [1.82, 2.24) is 0 Å². The van der Waals surface area contributed by atoms with Gasteiger partial charge in [-0.3, -0.25) is 4.79 Å². The first-order chi connectivity index (χ1) is 6.50. The Labute approximate surface area is 97.9 Å². The van der Waals surface area contributed by atoms with E-state index in [4.69, 9.17) is 5.73 Å². The minimum Gasteiger partial charge on any atom is -0.506 e. The summed E-state index contributed by atoms with van der Waals surface area (Å²) in [5.74, 6) is -0.383. The van der Waals surface area contributed by atoms with Crippen molar-refractivity contribution in [3.63, 3.8) is 0 Å². The number of phenols is 1. The third kappa shape index (κ3) is 2.85. The summed E-state index contributed by atoms with van der Waals surface area (Å²) >= 11 is 6.35. The molecule has 0 atom stereocenters. The van der Waals surface area contributed by atoms with Gasteiger partial charge in [-0.25, -0.2) is 0 Å². The number of halogens is 2. The monoisotopic (exact) mass is 319 g/mol. The van der Waals surface area contributed by atoms with E-state index in [2.05, 4.69) is 31.9 Å². The molecule has 0 aliphatic rings. The summed E-state index contributed by atoms with van der Waals surface area (Å²) in [4.78, 5) is 10.5. The van der Waals surface area contributed by atoms with Crippen LogP contribution in [0.15, 0.2) is 27.2 Å². The Morgan fingerprint density at radius 1 is 1.36 bits per heavy atom. The highest BCUT2D eigenvalue weighted by Gasteiger charge is 2.03. The first-order valence-corrected chi connectivity index (χ1v) is 5.25. The zero-order valence-corrected chi connectivity index (χ0v) is 10.2. The van der Waals surface area contributed by atoms with Gasteiger partial charge < -0.3 is 10.8 Å². The van der Waals surface area contributed by atoms with E-state index in [-0.39, 0.29) is 5.75 Å². The maximum atomic E-state index is 10.5. The van der Waals surface area contributed by atoms with Crippen molar-refractivity contribution < 1.29 is 9.90 Å². The smallest absolute Gasteiger partial charge is 0.241 e. The molecular formula is C9H7Br2NO2. The van der Waals surface area contributed by atoms with Gasteiger partial charge in [-0.15, -0.1) is 0 Å². The molecule has 0 fully saturated rings. The van der Waals surface area contributed by atoms with Gasteiger partial charge in [-0.2, -0.15) is 0 Å². The number of carbonyl (C=O) groups excluding carboxylic acids is 1. The van der Waals surface area contributed by atoms with E-state index in [1.165, 1.54) is 6.08 Å². The van der Waals surface area contributed by atoms with Crippen LogP contribution in [0.1, 0.15) is 5.56 Å². The maximum Gasteiger partial charge on any atom is 0.241 e. The molecule has 0 unspecified atom stereocenters. The first kappa shape index (κ1) is 11.3. The maximum absolute atomic E-state index is 10.5. The van der Waals surface area contributed by atoms with Crippen LogP contribution >= 0.6 is 31.9 Å². The number of hydrogen-bond donors (Lipinski definition) is 2. The number of nitrogens with two attached hydrogens (primary N) is 1. The van der Waals surface area contributed by atoms with Crippen LogP contribution in [0.5, 0.6) is 5.75 Å². The van der Waals surface area contributed by atoms with Crippen LogP contribution in [-0.4, -0.2) is 11.0 Å². The van der Waals surface area contributed by atoms with Crippen LogP contribution in [0.4, 0.5) is 0 Å². The van der Waals surface area contributed by atoms with Gasteiger partial charge >= 0.3 is 0 Å². The molecule has 1 amide bonds. The second-order valence-electron chi connectivity index (χ2n) is 2.57. The molecule has 0 aliphatic carbocycles. The number of amides is 1. The first-order valence-electron chi connectivity index (χ1n) is 3.66. The quantitative estimate of drug-likeness (QED) is 0.822. The largest absolute Gasteiger partial charge is 0.506 e. The van der Waals surface area contributed by atoms with Gasteiger partial charge in [0.1, 0.15) is 5.75 Å². The van der Waals surface area contributed by atoms with Crippen LogP contribution in [-0.2, 0) is 4.79 Å². The van der Waals surface area contributed by atoms with E-state index in [1.807, 2.05) is 0 Å². The van der Waals surface area contributed by atoms with Gasteiger partial charge in [0.05, 0.1) is 8.95 Å². The molecule has 0 aromatic heterocycles. The Morgan fingerprint density at radius 3 is 2.29 bits per heavy atom. The van der Waals surface area contributed by atoms with Crippen molar-refractivity contribution in [2.75, 3.05) is 0 Å². The highest BCUT2D eigenvalue weighted by Crippen LogP contribution is 2.33. The van der Waals surface area contributed by atoms with Gasteiger partial charge in [0, 0.05) is 6.08 Å². The fourth-order valence-corrected chi connectivity index (χ4v) is 2.08. The number of primary amides is 1. The number of rotatable bonds is 2. The molecule has 1 rings (SSSR count). The average molecular weight is 321 g/mol. The number of benzene rings is 1. The average Bonchev–Trinajstić information content (AvgIpc) is 2.10. The van der Waals surface area contributed by atoms with Crippen molar-refractivity contribution in [1.29, 1.82) is 0 Å². The number of aromatic hydroxyl groups is 1. The van der Waals surface area contributed by atoms with Crippen LogP contribution in [0.3, 0.4) is 0 Å². The van der Waals surface area contributed by atoms with Crippen LogP contribution in [0.2, 0.25) is 0 Å². The molecule has 0 spiro atoms. The summed E-state index contributed by atoms with van der Waals surface area (Å²) in [6.45, 7) is 0. The van der Waals surface area contributed by atoms with Crippen molar-refractivity contribution in [3.05, 3.63) is 32.7 Å². The summed E-state index contributed by atoms with van der Waals surface area (Å²) in [5.41, 5.74) is 5.71. The summed E-state index contributed by atoms with van der Waals surface area (Å²) in [6.07, 6.45) is 2.82. The second kappa shape index (κ2) is 4.61. The molecule has 0 saturated heterocycles. The molecule has 74 valence electrons. The van der Waals surface area contributed by atoms with Gasteiger partial charge in [-0.1, -0.05) is 0 Å². The lowest BCUT2D eigenvalue weighted by Crippen LogP contribution is -2.05. The molecule has 0 saturated carbocycles. The lowest BCUT2D eigenvalue weighted by molar-refractivity contribution is -0.113. The lowest BCUT2D eigenvalue weighted by Gasteiger charge is -2.01. The summed E-state index contributed by atoms with van der Waals surface area (Å²) in [5, 5.41) is 9.40. The van der Waals surface area contributed by atoms with Crippen LogP contribution in [0.25, 0.3) is 6.08 Å². The van der Waals surface area contributed by atoms with Crippen LogP contribution < -0.4 is 5.73 Å². The molecule has 0 bridgehead atoms. The molecule has 3 nitrogen and oxygen atoms in total. The SMILES string of the molecule is NC(=O)/C=C\c1cc(Br)c(O)c(Br)c1. The third-order valence-electron chi connectivity index (χ3n) is 1.48. The Balaban J connectivity index is 3.07. The molecule has 1 aromatic carbocycles. The Kier molecular flexibility index (Phi) is 3.71. The molecule has 0 heterocycles. The van der Waals surface area contributed by atoms with E-state index >= 15 is 0 Å². The van der Waals surface area contributed by atoms with E-state index < -0.39 is 5.91 Å². The molecule has 0 aliphatic heterocycles. The van der Waals surface area contributed by atoms with Gasteiger partial charge in [0.2, 0.25) is 5.91 Å².